The molecule has 0 N–H and O–H groups in total. The van der Waals surface area contributed by atoms with Gasteiger partial charge in [0.2, 0.25) is 0 Å². The molecule has 0 radical (unpaired) electrons. The van der Waals surface area contributed by atoms with E-state index in [9.17, 15) is 4.79 Å². The molecule has 0 atom stereocenters. The van der Waals surface area contributed by atoms with E-state index in [2.05, 4.69) is 4.99 Å². The van der Waals surface area contributed by atoms with Crippen LogP contribution in [0.5, 0.6) is 0 Å². The van der Waals surface area contributed by atoms with Gasteiger partial charge in [-0.3, -0.25) is 0 Å². The van der Waals surface area contributed by atoms with Gasteiger partial charge in [-0.05, 0) is 42.7 Å². The summed E-state index contributed by atoms with van der Waals surface area (Å²) in [5.74, 6) is 0. The van der Waals surface area contributed by atoms with Gasteiger partial charge in [0.05, 0.1) is 6.61 Å². The fourth-order valence-electron chi connectivity index (χ4n) is 1.62. The van der Waals surface area contributed by atoms with Gasteiger partial charge in [0.1, 0.15) is 5.04 Å². The Morgan fingerprint density at radius 1 is 1.04 bits per heavy atom. The van der Waals surface area contributed by atoms with Crippen molar-refractivity contribution in [3.8, 4) is 0 Å². The molecule has 5 heteroatoms. The standard InChI is InChI=1S/C18H17NO2S2/c1-2-21-18(20)19-17(23-16-11-7-4-8-12-16)13-14-22-15-9-5-3-6-10-15/h3-14H,2H2,1H3. The molecule has 23 heavy (non-hydrogen) atoms. The van der Waals surface area contributed by atoms with Crippen molar-refractivity contribution in [2.24, 2.45) is 4.99 Å². The van der Waals surface area contributed by atoms with E-state index in [1.54, 1.807) is 18.7 Å². The summed E-state index contributed by atoms with van der Waals surface area (Å²) in [5.41, 5.74) is 0. The van der Waals surface area contributed by atoms with E-state index in [-0.39, 0.29) is 0 Å². The lowest BCUT2D eigenvalue weighted by Crippen LogP contribution is -2.01. The lowest BCUT2D eigenvalue weighted by Gasteiger charge is -2.02. The Morgan fingerprint density at radius 3 is 2.26 bits per heavy atom. The van der Waals surface area contributed by atoms with Gasteiger partial charge in [-0.25, -0.2) is 4.79 Å². The van der Waals surface area contributed by atoms with Crippen LogP contribution in [0.4, 0.5) is 4.79 Å². The number of nitrogens with zero attached hydrogens (tertiary/aromatic N) is 1. The largest absolute Gasteiger partial charge is 0.448 e. The molecule has 0 unspecified atom stereocenters. The number of hydrogen-bond acceptors (Lipinski definition) is 4. The van der Waals surface area contributed by atoms with Gasteiger partial charge in [0.25, 0.3) is 0 Å². The second-order valence-corrected chi connectivity index (χ2v) is 6.37. The SMILES string of the molecule is CCOC(=O)N=C(C=CSc1ccccc1)Sc1ccccc1. The predicted molar refractivity (Wildman–Crippen MR) is 98.2 cm³/mol. The first-order valence-electron chi connectivity index (χ1n) is 7.14. The van der Waals surface area contributed by atoms with E-state index in [4.69, 9.17) is 4.74 Å². The summed E-state index contributed by atoms with van der Waals surface area (Å²) in [7, 11) is 0. The molecule has 0 spiro atoms. The van der Waals surface area contributed by atoms with Crippen LogP contribution in [0.2, 0.25) is 0 Å². The molecule has 1 amide bonds. The highest BCUT2D eigenvalue weighted by Gasteiger charge is 2.04. The fourth-order valence-corrected chi connectivity index (χ4v) is 3.16. The van der Waals surface area contributed by atoms with Crippen LogP contribution in [-0.4, -0.2) is 17.7 Å². The quantitative estimate of drug-likeness (QED) is 0.400. The van der Waals surface area contributed by atoms with Gasteiger partial charge in [-0.2, -0.15) is 4.99 Å². The van der Waals surface area contributed by atoms with Crippen LogP contribution < -0.4 is 0 Å². The number of benzene rings is 2. The minimum atomic E-state index is -0.569. The third kappa shape index (κ3) is 6.76. The van der Waals surface area contributed by atoms with E-state index < -0.39 is 6.09 Å². The molecule has 0 fully saturated rings. The lowest BCUT2D eigenvalue weighted by molar-refractivity contribution is 0.163. The van der Waals surface area contributed by atoms with Crippen molar-refractivity contribution in [2.45, 2.75) is 16.7 Å². The molecule has 2 aromatic rings. The second-order valence-electron chi connectivity index (χ2n) is 4.30. The zero-order chi connectivity index (χ0) is 16.3. The van der Waals surface area contributed by atoms with Crippen LogP contribution in [0.15, 0.2) is 86.9 Å². The highest BCUT2D eigenvalue weighted by molar-refractivity contribution is 8.14. The molecular formula is C18H17NO2S2. The molecule has 0 heterocycles. The summed E-state index contributed by atoms with van der Waals surface area (Å²) in [6.45, 7) is 2.08. The molecule has 0 aliphatic rings. The number of aliphatic imine (C=N–C) groups is 1. The fraction of sp³-hybridized carbons (Fsp3) is 0.111. The van der Waals surface area contributed by atoms with Crippen LogP contribution in [-0.2, 0) is 4.74 Å². The molecule has 2 rings (SSSR count). The van der Waals surface area contributed by atoms with Crippen molar-refractivity contribution < 1.29 is 9.53 Å². The van der Waals surface area contributed by atoms with Crippen molar-refractivity contribution in [2.75, 3.05) is 6.61 Å². The summed E-state index contributed by atoms with van der Waals surface area (Å²) < 4.78 is 4.89. The Bertz CT molecular complexity index is 670. The third-order valence-electron chi connectivity index (χ3n) is 2.59. The Morgan fingerprint density at radius 2 is 1.65 bits per heavy atom. The first-order valence-corrected chi connectivity index (χ1v) is 8.84. The minimum absolute atomic E-state index is 0.314. The molecule has 0 aromatic heterocycles. The lowest BCUT2D eigenvalue weighted by atomic mass is 10.4. The zero-order valence-corrected chi connectivity index (χ0v) is 14.3. The van der Waals surface area contributed by atoms with E-state index in [1.807, 2.05) is 72.1 Å². The minimum Gasteiger partial charge on any atom is -0.448 e. The van der Waals surface area contributed by atoms with Crippen LogP contribution in [0.25, 0.3) is 0 Å². The highest BCUT2D eigenvalue weighted by atomic mass is 32.2. The van der Waals surface area contributed by atoms with Crippen LogP contribution >= 0.6 is 23.5 Å². The molecule has 3 nitrogen and oxygen atoms in total. The van der Waals surface area contributed by atoms with E-state index in [1.165, 1.54) is 11.8 Å². The first-order chi connectivity index (χ1) is 11.3. The average Bonchev–Trinajstić information content (AvgIpc) is 2.57. The molecule has 0 bridgehead atoms. The molecule has 118 valence electrons. The van der Waals surface area contributed by atoms with E-state index in [0.29, 0.717) is 11.7 Å². The van der Waals surface area contributed by atoms with Crippen molar-refractivity contribution in [3.05, 3.63) is 72.1 Å². The molecule has 0 saturated heterocycles. The predicted octanol–water partition coefficient (Wildman–Crippen LogP) is 5.64. The normalized spacial score (nSPS) is 11.6. The van der Waals surface area contributed by atoms with Crippen molar-refractivity contribution >= 4 is 34.7 Å². The Balaban J connectivity index is 2.08. The van der Waals surface area contributed by atoms with E-state index in [0.717, 1.165) is 9.79 Å². The summed E-state index contributed by atoms with van der Waals surface area (Å²) in [6.07, 6.45) is 1.26. The monoisotopic (exact) mass is 343 g/mol. The number of thioether (sulfide) groups is 2. The van der Waals surface area contributed by atoms with Gasteiger partial charge >= 0.3 is 6.09 Å². The van der Waals surface area contributed by atoms with Crippen molar-refractivity contribution in [3.63, 3.8) is 0 Å². The Labute approximate surface area is 144 Å². The summed E-state index contributed by atoms with van der Waals surface area (Å²) in [4.78, 5) is 17.8. The van der Waals surface area contributed by atoms with Gasteiger partial charge in [-0.15, -0.1) is 0 Å². The molecule has 0 aliphatic carbocycles. The number of hydrogen-bond donors (Lipinski definition) is 0. The molecule has 0 aliphatic heterocycles. The van der Waals surface area contributed by atoms with Crippen LogP contribution in [0.3, 0.4) is 0 Å². The summed E-state index contributed by atoms with van der Waals surface area (Å²) in [6, 6.07) is 19.8. The maximum absolute atomic E-state index is 11.6. The Kier molecular flexibility index (Phi) is 7.49. The van der Waals surface area contributed by atoms with Gasteiger partial charge in [-0.1, -0.05) is 59.9 Å². The van der Waals surface area contributed by atoms with Crippen LogP contribution in [0.1, 0.15) is 6.92 Å². The molecule has 2 aromatic carbocycles. The van der Waals surface area contributed by atoms with Crippen molar-refractivity contribution in [1.29, 1.82) is 0 Å². The van der Waals surface area contributed by atoms with Crippen LogP contribution in [0, 0.1) is 0 Å². The van der Waals surface area contributed by atoms with E-state index >= 15 is 0 Å². The smallest absolute Gasteiger partial charge is 0.434 e. The maximum atomic E-state index is 11.6. The summed E-state index contributed by atoms with van der Waals surface area (Å²) in [5, 5.41) is 2.52. The molecule has 0 saturated carbocycles. The zero-order valence-electron chi connectivity index (χ0n) is 12.7. The maximum Gasteiger partial charge on any atom is 0.434 e. The average molecular weight is 343 g/mol. The second kappa shape index (κ2) is 9.92. The number of rotatable bonds is 5. The number of carbonyl (C=O) groups is 1. The molecular weight excluding hydrogens is 326 g/mol. The highest BCUT2D eigenvalue weighted by Crippen LogP contribution is 2.23. The summed E-state index contributed by atoms with van der Waals surface area (Å²) >= 11 is 3.00. The van der Waals surface area contributed by atoms with Crippen molar-refractivity contribution in [1.82, 2.24) is 0 Å². The Hall–Kier alpha value is -1.98. The van der Waals surface area contributed by atoms with Gasteiger partial charge in [0.15, 0.2) is 0 Å². The number of amides is 1. The topological polar surface area (TPSA) is 38.7 Å². The first kappa shape index (κ1) is 17.4. The number of carbonyl (C=O) groups excluding carboxylic acids is 1. The third-order valence-corrected chi connectivity index (χ3v) is 4.35. The van der Waals surface area contributed by atoms with Gasteiger partial charge < -0.3 is 4.74 Å². The van der Waals surface area contributed by atoms with Gasteiger partial charge in [0, 0.05) is 9.79 Å². The number of ether oxygens (including phenoxy) is 1.